The average molecular weight is 431 g/mol. The van der Waals surface area contributed by atoms with Crippen molar-refractivity contribution in [1.29, 1.82) is 0 Å². The Kier molecular flexibility index (Phi) is 7.38. The van der Waals surface area contributed by atoms with Crippen LogP contribution in [0.15, 0.2) is 24.5 Å². The summed E-state index contributed by atoms with van der Waals surface area (Å²) in [6.07, 6.45) is 13.7. The standard InChI is InChI=1S/C22H34N6OS/c1-26(19-10-3-2-4-11-19)13-8-12-23-20(29)18-9-7-16-28(17-18)22-25-24-21(30-22)27-14-5-6-15-27/h5-6,14-15,18-19H,2-4,7-13,16-17H2,1H3,(H,23,29)/t18-/m1/s1. The molecule has 0 unspecified atom stereocenters. The summed E-state index contributed by atoms with van der Waals surface area (Å²) in [5.41, 5.74) is 0. The molecule has 1 amide bonds. The van der Waals surface area contributed by atoms with Crippen molar-refractivity contribution in [1.82, 2.24) is 25.0 Å². The smallest absolute Gasteiger partial charge is 0.224 e. The SMILES string of the molecule is CN(CCCNC(=O)[C@@H]1CCCN(c2nnc(-n3cccc3)s2)C1)C1CCCCC1. The third kappa shape index (κ3) is 5.40. The molecular formula is C22H34N6OS. The lowest BCUT2D eigenvalue weighted by Crippen LogP contribution is -2.43. The van der Waals surface area contributed by atoms with E-state index in [9.17, 15) is 4.79 Å². The van der Waals surface area contributed by atoms with E-state index in [0.29, 0.717) is 0 Å². The Balaban J connectivity index is 1.21. The molecule has 2 aromatic heterocycles. The molecule has 1 saturated heterocycles. The maximum absolute atomic E-state index is 12.7. The molecule has 1 aliphatic carbocycles. The molecule has 1 atom stereocenters. The molecule has 0 aromatic carbocycles. The van der Waals surface area contributed by atoms with Crippen LogP contribution in [-0.4, -0.2) is 64.8 Å². The number of aromatic nitrogens is 3. The van der Waals surface area contributed by atoms with Crippen molar-refractivity contribution in [2.75, 3.05) is 38.1 Å². The lowest BCUT2D eigenvalue weighted by molar-refractivity contribution is -0.125. The van der Waals surface area contributed by atoms with E-state index in [1.807, 2.05) is 29.1 Å². The first-order chi connectivity index (χ1) is 14.7. The van der Waals surface area contributed by atoms with Crippen molar-refractivity contribution in [2.45, 2.75) is 57.4 Å². The number of carbonyl (C=O) groups excluding carboxylic acids is 1. The molecule has 30 heavy (non-hydrogen) atoms. The average Bonchev–Trinajstić information content (AvgIpc) is 3.49. The Labute approximate surface area is 183 Å². The van der Waals surface area contributed by atoms with Crippen LogP contribution in [0.25, 0.3) is 5.13 Å². The maximum atomic E-state index is 12.7. The van der Waals surface area contributed by atoms with Gasteiger partial charge in [0, 0.05) is 38.1 Å². The second-order valence-electron chi connectivity index (χ2n) is 8.66. The van der Waals surface area contributed by atoms with E-state index in [0.717, 1.165) is 61.7 Å². The summed E-state index contributed by atoms with van der Waals surface area (Å²) in [5, 5.41) is 13.6. The van der Waals surface area contributed by atoms with Gasteiger partial charge in [0.05, 0.1) is 5.92 Å². The highest BCUT2D eigenvalue weighted by atomic mass is 32.1. The first-order valence-corrected chi connectivity index (χ1v) is 12.2. The van der Waals surface area contributed by atoms with Gasteiger partial charge in [0.1, 0.15) is 0 Å². The van der Waals surface area contributed by atoms with Crippen molar-refractivity contribution in [3.8, 4) is 5.13 Å². The monoisotopic (exact) mass is 430 g/mol. The lowest BCUT2D eigenvalue weighted by atomic mass is 9.94. The molecule has 1 aliphatic heterocycles. The first kappa shape index (κ1) is 21.3. The zero-order chi connectivity index (χ0) is 20.8. The van der Waals surface area contributed by atoms with Crippen molar-refractivity contribution >= 4 is 22.4 Å². The molecule has 0 bridgehead atoms. The van der Waals surface area contributed by atoms with Gasteiger partial charge in [0.15, 0.2) is 0 Å². The van der Waals surface area contributed by atoms with Gasteiger partial charge in [-0.25, -0.2) is 0 Å². The number of rotatable bonds is 8. The van der Waals surface area contributed by atoms with E-state index in [4.69, 9.17) is 0 Å². The van der Waals surface area contributed by atoms with Crippen LogP contribution in [0.2, 0.25) is 0 Å². The number of amides is 1. The van der Waals surface area contributed by atoms with Gasteiger partial charge in [-0.1, -0.05) is 30.6 Å². The van der Waals surface area contributed by atoms with Crippen LogP contribution < -0.4 is 10.2 Å². The van der Waals surface area contributed by atoms with Crippen LogP contribution in [0.4, 0.5) is 5.13 Å². The van der Waals surface area contributed by atoms with Gasteiger partial charge in [-0.2, -0.15) is 0 Å². The minimum Gasteiger partial charge on any atom is -0.356 e. The predicted octanol–water partition coefficient (Wildman–Crippen LogP) is 3.32. The summed E-state index contributed by atoms with van der Waals surface area (Å²) in [4.78, 5) is 17.4. The van der Waals surface area contributed by atoms with Crippen LogP contribution in [0, 0.1) is 5.92 Å². The Hall–Kier alpha value is -1.93. The molecular weight excluding hydrogens is 396 g/mol. The number of nitrogens with one attached hydrogen (secondary N) is 1. The number of nitrogens with zero attached hydrogens (tertiary/aromatic N) is 5. The first-order valence-electron chi connectivity index (χ1n) is 11.4. The number of piperidine rings is 1. The third-order valence-corrected chi connectivity index (χ3v) is 7.47. The molecule has 7 nitrogen and oxygen atoms in total. The highest BCUT2D eigenvalue weighted by Crippen LogP contribution is 2.28. The normalized spacial score (nSPS) is 20.6. The topological polar surface area (TPSA) is 66.3 Å². The van der Waals surface area contributed by atoms with Crippen LogP contribution in [0.3, 0.4) is 0 Å². The number of anilines is 1. The zero-order valence-electron chi connectivity index (χ0n) is 18.0. The second-order valence-corrected chi connectivity index (χ2v) is 9.59. The van der Waals surface area contributed by atoms with E-state index in [-0.39, 0.29) is 11.8 Å². The van der Waals surface area contributed by atoms with Gasteiger partial charge < -0.3 is 15.1 Å². The molecule has 2 aliphatic rings. The molecule has 4 rings (SSSR count). The fourth-order valence-corrected chi connectivity index (χ4v) is 5.50. The van der Waals surface area contributed by atoms with E-state index < -0.39 is 0 Å². The molecule has 2 fully saturated rings. The van der Waals surface area contributed by atoms with E-state index >= 15 is 0 Å². The van der Waals surface area contributed by atoms with Crippen LogP contribution in [0.5, 0.6) is 0 Å². The molecule has 8 heteroatoms. The van der Waals surface area contributed by atoms with Gasteiger partial charge in [0.25, 0.3) is 0 Å². The number of hydrogen-bond donors (Lipinski definition) is 1. The Bertz CT molecular complexity index is 785. The van der Waals surface area contributed by atoms with Crippen molar-refractivity contribution < 1.29 is 4.79 Å². The van der Waals surface area contributed by atoms with Crippen molar-refractivity contribution in [3.63, 3.8) is 0 Å². The molecule has 2 aromatic rings. The highest BCUT2D eigenvalue weighted by Gasteiger charge is 2.27. The maximum Gasteiger partial charge on any atom is 0.224 e. The largest absolute Gasteiger partial charge is 0.356 e. The minimum absolute atomic E-state index is 0.0359. The van der Waals surface area contributed by atoms with Gasteiger partial charge in [-0.05, 0) is 57.8 Å². The fraction of sp³-hybridized carbons (Fsp3) is 0.682. The molecule has 164 valence electrons. The minimum atomic E-state index is 0.0359. The fourth-order valence-electron chi connectivity index (χ4n) is 4.66. The third-order valence-electron chi connectivity index (χ3n) is 6.48. The van der Waals surface area contributed by atoms with Crippen LogP contribution >= 0.6 is 11.3 Å². The predicted molar refractivity (Wildman–Crippen MR) is 121 cm³/mol. The Morgan fingerprint density at radius 3 is 2.70 bits per heavy atom. The van der Waals surface area contributed by atoms with Gasteiger partial charge in [-0.15, -0.1) is 10.2 Å². The summed E-state index contributed by atoms with van der Waals surface area (Å²) in [5.74, 6) is 0.226. The number of hydrogen-bond acceptors (Lipinski definition) is 6. The van der Waals surface area contributed by atoms with Crippen LogP contribution in [0.1, 0.15) is 51.4 Å². The summed E-state index contributed by atoms with van der Waals surface area (Å²) < 4.78 is 1.97. The van der Waals surface area contributed by atoms with Crippen molar-refractivity contribution in [3.05, 3.63) is 24.5 Å². The van der Waals surface area contributed by atoms with Gasteiger partial charge >= 0.3 is 0 Å². The Morgan fingerprint density at radius 2 is 1.90 bits per heavy atom. The van der Waals surface area contributed by atoms with Crippen LogP contribution in [-0.2, 0) is 4.79 Å². The number of carbonyl (C=O) groups is 1. The molecule has 1 saturated carbocycles. The van der Waals surface area contributed by atoms with E-state index in [1.54, 1.807) is 11.3 Å². The van der Waals surface area contributed by atoms with E-state index in [1.165, 1.54) is 32.1 Å². The molecule has 0 radical (unpaired) electrons. The van der Waals surface area contributed by atoms with Gasteiger partial charge in [0.2, 0.25) is 16.2 Å². The van der Waals surface area contributed by atoms with Crippen molar-refractivity contribution in [2.24, 2.45) is 5.92 Å². The molecule has 1 N–H and O–H groups in total. The summed E-state index contributed by atoms with van der Waals surface area (Å²) in [6, 6.07) is 4.70. The lowest BCUT2D eigenvalue weighted by Gasteiger charge is -2.32. The summed E-state index contributed by atoms with van der Waals surface area (Å²) in [6.45, 7) is 3.50. The quantitative estimate of drug-likeness (QED) is 0.651. The van der Waals surface area contributed by atoms with E-state index in [2.05, 4.69) is 32.4 Å². The highest BCUT2D eigenvalue weighted by molar-refractivity contribution is 7.17. The summed E-state index contributed by atoms with van der Waals surface area (Å²) in [7, 11) is 2.24. The zero-order valence-corrected chi connectivity index (χ0v) is 18.8. The second kappa shape index (κ2) is 10.4. The molecule has 3 heterocycles. The Morgan fingerprint density at radius 1 is 1.13 bits per heavy atom. The summed E-state index contributed by atoms with van der Waals surface area (Å²) >= 11 is 1.58. The molecule has 0 spiro atoms. The van der Waals surface area contributed by atoms with Gasteiger partial charge in [-0.3, -0.25) is 9.36 Å².